The van der Waals surface area contributed by atoms with Gasteiger partial charge >= 0.3 is 0 Å². The number of fused-ring (bicyclic) bond motifs is 1. The van der Waals surface area contributed by atoms with Crippen molar-refractivity contribution >= 4 is 22.9 Å². The lowest BCUT2D eigenvalue weighted by Crippen LogP contribution is -2.39. The number of ether oxygens (including phenoxy) is 1. The van der Waals surface area contributed by atoms with E-state index in [4.69, 9.17) is 16.3 Å². The van der Waals surface area contributed by atoms with Gasteiger partial charge < -0.3 is 10.1 Å². The number of hydrogen-bond acceptors (Lipinski definition) is 3. The van der Waals surface area contributed by atoms with Gasteiger partial charge in [-0.3, -0.25) is 0 Å². The topological polar surface area (TPSA) is 21.3 Å². The van der Waals surface area contributed by atoms with Crippen LogP contribution in [-0.4, -0.2) is 19.3 Å². The van der Waals surface area contributed by atoms with Crippen LogP contribution in [0.15, 0.2) is 6.07 Å². The molecule has 1 aliphatic heterocycles. The van der Waals surface area contributed by atoms with E-state index in [1.807, 2.05) is 0 Å². The molecule has 3 rings (SSSR count). The number of hydrogen-bond donors (Lipinski definition) is 1. The molecule has 4 heteroatoms. The molecule has 2 unspecified atom stereocenters. The highest BCUT2D eigenvalue weighted by atomic mass is 35.5. The minimum absolute atomic E-state index is 0.505. The Bertz CT molecular complexity index is 428. The van der Waals surface area contributed by atoms with Gasteiger partial charge in [0, 0.05) is 30.2 Å². The Balaban J connectivity index is 1.66. The monoisotopic (exact) mass is 299 g/mol. The molecule has 0 radical (unpaired) electrons. The Kier molecular flexibility index (Phi) is 4.47. The highest BCUT2D eigenvalue weighted by Gasteiger charge is 2.27. The smallest absolute Gasteiger partial charge is 0.0934 e. The lowest BCUT2D eigenvalue weighted by Gasteiger charge is -2.33. The zero-order valence-electron chi connectivity index (χ0n) is 11.5. The fourth-order valence-corrected chi connectivity index (χ4v) is 4.75. The quantitative estimate of drug-likeness (QED) is 0.904. The van der Waals surface area contributed by atoms with E-state index in [1.165, 1.54) is 42.5 Å². The summed E-state index contributed by atoms with van der Waals surface area (Å²) < 4.78 is 6.40. The molecule has 2 heterocycles. The second-order valence-electron chi connectivity index (χ2n) is 5.78. The molecule has 19 heavy (non-hydrogen) atoms. The fourth-order valence-electron chi connectivity index (χ4n) is 3.36. The first kappa shape index (κ1) is 13.9. The van der Waals surface area contributed by atoms with E-state index in [9.17, 15) is 0 Å². The van der Waals surface area contributed by atoms with Crippen molar-refractivity contribution in [2.75, 3.05) is 13.2 Å². The summed E-state index contributed by atoms with van der Waals surface area (Å²) in [6.45, 7) is 4.19. The van der Waals surface area contributed by atoms with E-state index in [-0.39, 0.29) is 0 Å². The van der Waals surface area contributed by atoms with Crippen molar-refractivity contribution in [1.82, 2.24) is 5.32 Å². The van der Waals surface area contributed by atoms with Crippen molar-refractivity contribution in [3.8, 4) is 0 Å². The van der Waals surface area contributed by atoms with Crippen LogP contribution in [0.5, 0.6) is 0 Å². The summed E-state index contributed by atoms with van der Waals surface area (Å²) in [6.07, 6.45) is 6.11. The molecule has 1 aromatic heterocycles. The van der Waals surface area contributed by atoms with E-state index in [0.29, 0.717) is 12.1 Å². The number of thiophene rings is 1. The van der Waals surface area contributed by atoms with Gasteiger partial charge in [-0.05, 0) is 56.6 Å². The zero-order chi connectivity index (χ0) is 13.2. The van der Waals surface area contributed by atoms with Crippen molar-refractivity contribution in [3.05, 3.63) is 20.8 Å². The molecule has 1 N–H and O–H groups in total. The third-order valence-corrected chi connectivity index (χ3v) is 5.86. The third-order valence-electron chi connectivity index (χ3n) is 4.52. The maximum atomic E-state index is 6.18. The van der Waals surface area contributed by atoms with Crippen LogP contribution in [0.2, 0.25) is 4.34 Å². The molecule has 1 saturated heterocycles. The van der Waals surface area contributed by atoms with E-state index in [2.05, 4.69) is 18.3 Å². The molecular formula is C15H22ClNOS. The van der Waals surface area contributed by atoms with E-state index >= 15 is 0 Å². The van der Waals surface area contributed by atoms with Crippen molar-refractivity contribution in [2.24, 2.45) is 5.92 Å². The molecule has 0 bridgehead atoms. The molecular weight excluding hydrogens is 278 g/mol. The predicted molar refractivity (Wildman–Crippen MR) is 81.1 cm³/mol. The fraction of sp³-hybridized carbons (Fsp3) is 0.733. The normalized spacial score (nSPS) is 26.1. The predicted octanol–water partition coefficient (Wildman–Crippen LogP) is 4.18. The number of nitrogens with one attached hydrogen (secondary N) is 1. The maximum Gasteiger partial charge on any atom is 0.0934 e. The summed E-state index contributed by atoms with van der Waals surface area (Å²) in [5.41, 5.74) is 1.46. The van der Waals surface area contributed by atoms with E-state index in [1.54, 1.807) is 11.3 Å². The molecule has 2 aliphatic rings. The Morgan fingerprint density at radius 1 is 1.37 bits per heavy atom. The van der Waals surface area contributed by atoms with Gasteiger partial charge in [0.1, 0.15) is 0 Å². The van der Waals surface area contributed by atoms with Crippen LogP contribution in [-0.2, 0) is 11.2 Å². The summed E-state index contributed by atoms with van der Waals surface area (Å²) >= 11 is 7.94. The SMILES string of the molecule is CC(NC1CCCc2sc(Cl)cc21)C1CCOCC1. The molecule has 1 fully saturated rings. The van der Waals surface area contributed by atoms with Crippen LogP contribution in [0.3, 0.4) is 0 Å². The van der Waals surface area contributed by atoms with Gasteiger partial charge in [-0.15, -0.1) is 11.3 Å². The first-order valence-corrected chi connectivity index (χ1v) is 8.55. The van der Waals surface area contributed by atoms with Gasteiger partial charge in [-0.2, -0.15) is 0 Å². The van der Waals surface area contributed by atoms with Crippen molar-refractivity contribution in [1.29, 1.82) is 0 Å². The molecule has 2 atom stereocenters. The lowest BCUT2D eigenvalue weighted by molar-refractivity contribution is 0.0540. The summed E-state index contributed by atoms with van der Waals surface area (Å²) in [5, 5.41) is 3.85. The van der Waals surface area contributed by atoms with Crippen LogP contribution in [0.25, 0.3) is 0 Å². The van der Waals surface area contributed by atoms with Crippen LogP contribution in [0.4, 0.5) is 0 Å². The second kappa shape index (κ2) is 6.13. The highest BCUT2D eigenvalue weighted by Crippen LogP contribution is 2.38. The summed E-state index contributed by atoms with van der Waals surface area (Å²) in [7, 11) is 0. The van der Waals surface area contributed by atoms with Crippen LogP contribution in [0.1, 0.15) is 49.1 Å². The number of halogens is 1. The minimum atomic E-state index is 0.505. The Labute approximate surface area is 124 Å². The summed E-state index contributed by atoms with van der Waals surface area (Å²) in [4.78, 5) is 1.49. The van der Waals surface area contributed by atoms with Gasteiger partial charge in [0.05, 0.1) is 4.34 Å². The lowest BCUT2D eigenvalue weighted by atomic mass is 9.89. The average Bonchev–Trinajstić information content (AvgIpc) is 2.81. The van der Waals surface area contributed by atoms with Gasteiger partial charge in [0.25, 0.3) is 0 Å². The average molecular weight is 300 g/mol. The molecule has 2 nitrogen and oxygen atoms in total. The van der Waals surface area contributed by atoms with Crippen LogP contribution < -0.4 is 5.32 Å². The van der Waals surface area contributed by atoms with Crippen LogP contribution in [0, 0.1) is 5.92 Å². The molecule has 0 spiro atoms. The Morgan fingerprint density at radius 3 is 2.95 bits per heavy atom. The van der Waals surface area contributed by atoms with E-state index < -0.39 is 0 Å². The van der Waals surface area contributed by atoms with Crippen LogP contribution >= 0.6 is 22.9 Å². The molecule has 1 aliphatic carbocycles. The van der Waals surface area contributed by atoms with Gasteiger partial charge in [-0.1, -0.05) is 11.6 Å². The molecule has 0 amide bonds. The molecule has 0 saturated carbocycles. The standard InChI is InChI=1S/C15H22ClNOS/c1-10(11-5-7-18-8-6-11)17-13-3-2-4-14-12(13)9-15(16)19-14/h9-11,13,17H,2-8H2,1H3. The van der Waals surface area contributed by atoms with Crippen molar-refractivity contribution in [3.63, 3.8) is 0 Å². The largest absolute Gasteiger partial charge is 0.381 e. The van der Waals surface area contributed by atoms with Gasteiger partial charge in [-0.25, -0.2) is 0 Å². The summed E-state index contributed by atoms with van der Waals surface area (Å²) in [6, 6.07) is 3.25. The summed E-state index contributed by atoms with van der Waals surface area (Å²) in [5.74, 6) is 0.758. The maximum absolute atomic E-state index is 6.18. The molecule has 0 aromatic carbocycles. The van der Waals surface area contributed by atoms with Gasteiger partial charge in [0.15, 0.2) is 0 Å². The highest BCUT2D eigenvalue weighted by molar-refractivity contribution is 7.16. The number of rotatable bonds is 3. The van der Waals surface area contributed by atoms with Gasteiger partial charge in [0.2, 0.25) is 0 Å². The van der Waals surface area contributed by atoms with Crippen molar-refractivity contribution < 1.29 is 4.74 Å². The molecule has 106 valence electrons. The Hall–Kier alpha value is -0.0900. The van der Waals surface area contributed by atoms with Crippen molar-refractivity contribution in [2.45, 2.75) is 51.1 Å². The zero-order valence-corrected chi connectivity index (χ0v) is 13.0. The Morgan fingerprint density at radius 2 is 2.16 bits per heavy atom. The minimum Gasteiger partial charge on any atom is -0.381 e. The second-order valence-corrected chi connectivity index (χ2v) is 7.55. The molecule has 1 aromatic rings. The number of aryl methyl sites for hydroxylation is 1. The first-order valence-electron chi connectivity index (χ1n) is 7.36. The van der Waals surface area contributed by atoms with E-state index in [0.717, 1.165) is 23.5 Å². The third kappa shape index (κ3) is 3.15. The first-order chi connectivity index (χ1) is 9.24.